The molecule has 0 spiro atoms. The van der Waals surface area contributed by atoms with Gasteiger partial charge in [0.15, 0.2) is 0 Å². The van der Waals surface area contributed by atoms with Gasteiger partial charge in [0, 0.05) is 32.1 Å². The van der Waals surface area contributed by atoms with Crippen molar-refractivity contribution in [1.29, 1.82) is 0 Å². The molecule has 80 valence electrons. The lowest BCUT2D eigenvalue weighted by Gasteiger charge is -2.25. The van der Waals surface area contributed by atoms with Crippen LogP contribution in [-0.2, 0) is 4.79 Å². The zero-order chi connectivity index (χ0) is 9.97. The van der Waals surface area contributed by atoms with Crippen molar-refractivity contribution in [3.8, 4) is 0 Å². The van der Waals surface area contributed by atoms with E-state index in [1.165, 1.54) is 32.1 Å². The van der Waals surface area contributed by atoms with Crippen LogP contribution in [0.5, 0.6) is 0 Å². The molecule has 14 heavy (non-hydrogen) atoms. The van der Waals surface area contributed by atoms with Crippen molar-refractivity contribution in [2.75, 3.05) is 13.6 Å². The SMILES string of the molecule is CN1CC(NC2CCCCC2)CC1=O. The fourth-order valence-corrected chi connectivity index (χ4v) is 2.58. The van der Waals surface area contributed by atoms with Gasteiger partial charge in [-0.25, -0.2) is 0 Å². The van der Waals surface area contributed by atoms with E-state index in [-0.39, 0.29) is 0 Å². The lowest BCUT2D eigenvalue weighted by Crippen LogP contribution is -2.40. The van der Waals surface area contributed by atoms with Crippen LogP contribution in [0.2, 0.25) is 0 Å². The first-order valence-corrected chi connectivity index (χ1v) is 5.76. The van der Waals surface area contributed by atoms with Gasteiger partial charge in [0.25, 0.3) is 0 Å². The first-order valence-electron chi connectivity index (χ1n) is 5.76. The van der Waals surface area contributed by atoms with Gasteiger partial charge in [-0.15, -0.1) is 0 Å². The number of hydrogen-bond acceptors (Lipinski definition) is 2. The van der Waals surface area contributed by atoms with Crippen LogP contribution in [0.25, 0.3) is 0 Å². The Kier molecular flexibility index (Phi) is 3.06. The summed E-state index contributed by atoms with van der Waals surface area (Å²) < 4.78 is 0. The molecule has 1 heterocycles. The fourth-order valence-electron chi connectivity index (χ4n) is 2.58. The van der Waals surface area contributed by atoms with E-state index in [0.717, 1.165) is 6.54 Å². The molecule has 1 aliphatic heterocycles. The number of carbonyl (C=O) groups is 1. The van der Waals surface area contributed by atoms with E-state index in [1.807, 2.05) is 11.9 Å². The third-order valence-corrected chi connectivity index (χ3v) is 3.42. The predicted octanol–water partition coefficient (Wildman–Crippen LogP) is 1.14. The molecule has 1 unspecified atom stereocenters. The number of carbonyl (C=O) groups excluding carboxylic acids is 1. The molecule has 2 aliphatic rings. The van der Waals surface area contributed by atoms with Crippen molar-refractivity contribution in [3.05, 3.63) is 0 Å². The zero-order valence-electron chi connectivity index (χ0n) is 8.96. The van der Waals surface area contributed by atoms with Gasteiger partial charge < -0.3 is 10.2 Å². The molecule has 2 fully saturated rings. The quantitative estimate of drug-likeness (QED) is 0.718. The van der Waals surface area contributed by atoms with Gasteiger partial charge in [-0.3, -0.25) is 4.79 Å². The van der Waals surface area contributed by atoms with E-state index in [4.69, 9.17) is 0 Å². The number of likely N-dealkylation sites (tertiary alicyclic amines) is 1. The highest BCUT2D eigenvalue weighted by atomic mass is 16.2. The maximum atomic E-state index is 11.3. The van der Waals surface area contributed by atoms with Gasteiger partial charge in [-0.1, -0.05) is 19.3 Å². The standard InChI is InChI=1S/C11H20N2O/c1-13-8-10(7-11(13)14)12-9-5-3-2-4-6-9/h9-10,12H,2-8H2,1H3. The maximum Gasteiger partial charge on any atom is 0.224 e. The van der Waals surface area contributed by atoms with Crippen molar-refractivity contribution in [3.63, 3.8) is 0 Å². The third kappa shape index (κ3) is 2.27. The molecule has 3 heteroatoms. The Morgan fingerprint density at radius 3 is 2.50 bits per heavy atom. The van der Waals surface area contributed by atoms with Crippen molar-refractivity contribution in [2.45, 2.75) is 50.6 Å². The minimum Gasteiger partial charge on any atom is -0.344 e. The number of rotatable bonds is 2. The Bertz CT molecular complexity index is 211. The minimum atomic E-state index is 0.290. The second-order valence-corrected chi connectivity index (χ2v) is 4.68. The normalized spacial score (nSPS) is 29.9. The molecule has 0 aromatic rings. The predicted molar refractivity (Wildman–Crippen MR) is 56.1 cm³/mol. The molecule has 0 aromatic carbocycles. The van der Waals surface area contributed by atoms with E-state index in [9.17, 15) is 4.79 Å². The summed E-state index contributed by atoms with van der Waals surface area (Å²) in [5.41, 5.74) is 0. The van der Waals surface area contributed by atoms with E-state index in [2.05, 4.69) is 5.32 Å². The van der Waals surface area contributed by atoms with Gasteiger partial charge in [-0.2, -0.15) is 0 Å². The van der Waals surface area contributed by atoms with Crippen molar-refractivity contribution in [1.82, 2.24) is 10.2 Å². The molecule has 1 saturated heterocycles. The van der Waals surface area contributed by atoms with Crippen LogP contribution in [0.3, 0.4) is 0 Å². The maximum absolute atomic E-state index is 11.3. The van der Waals surface area contributed by atoms with Crippen molar-refractivity contribution >= 4 is 5.91 Å². The van der Waals surface area contributed by atoms with Crippen molar-refractivity contribution in [2.24, 2.45) is 0 Å². The molecule has 1 saturated carbocycles. The molecular weight excluding hydrogens is 176 g/mol. The summed E-state index contributed by atoms with van der Waals surface area (Å²) in [6.45, 7) is 0.898. The van der Waals surface area contributed by atoms with Gasteiger partial charge in [-0.05, 0) is 12.8 Å². The van der Waals surface area contributed by atoms with Crippen LogP contribution >= 0.6 is 0 Å². The highest BCUT2D eigenvalue weighted by molar-refractivity contribution is 5.78. The number of likely N-dealkylation sites (N-methyl/N-ethyl adjacent to an activating group) is 1. The Labute approximate surface area is 85.8 Å². The van der Waals surface area contributed by atoms with Gasteiger partial charge in [0.1, 0.15) is 0 Å². The molecule has 0 aromatic heterocycles. The summed E-state index contributed by atoms with van der Waals surface area (Å²) >= 11 is 0. The van der Waals surface area contributed by atoms with Crippen LogP contribution in [0, 0.1) is 0 Å². The first-order chi connectivity index (χ1) is 6.75. The second-order valence-electron chi connectivity index (χ2n) is 4.68. The highest BCUT2D eigenvalue weighted by Gasteiger charge is 2.28. The molecular formula is C11H20N2O. The topological polar surface area (TPSA) is 32.3 Å². The largest absolute Gasteiger partial charge is 0.344 e. The highest BCUT2D eigenvalue weighted by Crippen LogP contribution is 2.19. The fraction of sp³-hybridized carbons (Fsp3) is 0.909. The Morgan fingerprint density at radius 1 is 1.21 bits per heavy atom. The monoisotopic (exact) mass is 196 g/mol. The molecule has 3 nitrogen and oxygen atoms in total. The number of nitrogens with zero attached hydrogens (tertiary/aromatic N) is 1. The number of nitrogens with one attached hydrogen (secondary N) is 1. The molecule has 1 aliphatic carbocycles. The minimum absolute atomic E-state index is 0.290. The van der Waals surface area contributed by atoms with Crippen LogP contribution in [0.4, 0.5) is 0 Å². The van der Waals surface area contributed by atoms with E-state index in [0.29, 0.717) is 24.4 Å². The van der Waals surface area contributed by atoms with Crippen LogP contribution in [0.1, 0.15) is 38.5 Å². The average Bonchev–Trinajstić information content (AvgIpc) is 2.47. The lowest BCUT2D eigenvalue weighted by molar-refractivity contribution is -0.126. The van der Waals surface area contributed by atoms with Gasteiger partial charge >= 0.3 is 0 Å². The Hall–Kier alpha value is -0.570. The number of amides is 1. The van der Waals surface area contributed by atoms with E-state index >= 15 is 0 Å². The van der Waals surface area contributed by atoms with Gasteiger partial charge in [0.05, 0.1) is 0 Å². The lowest BCUT2D eigenvalue weighted by atomic mass is 9.95. The van der Waals surface area contributed by atoms with Crippen LogP contribution < -0.4 is 5.32 Å². The zero-order valence-corrected chi connectivity index (χ0v) is 8.96. The summed E-state index contributed by atoms with van der Waals surface area (Å²) in [5, 5.41) is 3.62. The summed E-state index contributed by atoms with van der Waals surface area (Å²) in [7, 11) is 1.89. The number of hydrogen-bond donors (Lipinski definition) is 1. The smallest absolute Gasteiger partial charge is 0.224 e. The third-order valence-electron chi connectivity index (χ3n) is 3.42. The molecule has 0 bridgehead atoms. The molecule has 1 atom stereocenters. The van der Waals surface area contributed by atoms with Crippen molar-refractivity contribution < 1.29 is 4.79 Å². The van der Waals surface area contributed by atoms with Gasteiger partial charge in [0.2, 0.25) is 5.91 Å². The second kappa shape index (κ2) is 4.30. The average molecular weight is 196 g/mol. The summed E-state index contributed by atoms with van der Waals surface area (Å²) in [6.07, 6.45) is 7.40. The summed E-state index contributed by atoms with van der Waals surface area (Å²) in [5.74, 6) is 0.290. The molecule has 1 N–H and O–H groups in total. The first kappa shape index (κ1) is 9.97. The molecule has 1 amide bonds. The van der Waals surface area contributed by atoms with Crippen LogP contribution in [-0.4, -0.2) is 36.5 Å². The molecule has 0 radical (unpaired) electrons. The van der Waals surface area contributed by atoms with E-state index in [1.54, 1.807) is 0 Å². The van der Waals surface area contributed by atoms with Crippen LogP contribution in [0.15, 0.2) is 0 Å². The Morgan fingerprint density at radius 2 is 1.93 bits per heavy atom. The molecule has 2 rings (SSSR count). The Balaban J connectivity index is 1.77. The summed E-state index contributed by atoms with van der Waals surface area (Å²) in [4.78, 5) is 13.1. The summed E-state index contributed by atoms with van der Waals surface area (Å²) in [6, 6.07) is 1.09. The van der Waals surface area contributed by atoms with E-state index < -0.39 is 0 Å².